The second-order valence-electron chi connectivity index (χ2n) is 4.22. The van der Waals surface area contributed by atoms with Gasteiger partial charge in [0.25, 0.3) is 0 Å². The second-order valence-corrected chi connectivity index (χ2v) is 4.22. The van der Waals surface area contributed by atoms with Gasteiger partial charge in [-0.15, -0.1) is 0 Å². The summed E-state index contributed by atoms with van der Waals surface area (Å²) in [7, 11) is 4.14. The number of aromatic nitrogens is 1. The van der Waals surface area contributed by atoms with Crippen LogP contribution >= 0.6 is 0 Å². The van der Waals surface area contributed by atoms with Crippen molar-refractivity contribution >= 4 is 0 Å². The lowest BCUT2D eigenvalue weighted by Crippen LogP contribution is -2.15. The molecule has 0 radical (unpaired) electrons. The van der Waals surface area contributed by atoms with Crippen LogP contribution in [0.5, 0.6) is 5.88 Å². The monoisotopic (exact) mass is 222 g/mol. The van der Waals surface area contributed by atoms with E-state index in [1.807, 2.05) is 12.1 Å². The van der Waals surface area contributed by atoms with Gasteiger partial charge < -0.3 is 9.64 Å². The average Bonchev–Trinajstić information content (AvgIpc) is 2.25. The van der Waals surface area contributed by atoms with E-state index in [2.05, 4.69) is 37.0 Å². The first-order chi connectivity index (χ1) is 7.72. The van der Waals surface area contributed by atoms with E-state index in [4.69, 9.17) is 4.74 Å². The maximum Gasteiger partial charge on any atom is 0.213 e. The number of ether oxygens (including phenoxy) is 1. The molecule has 0 spiro atoms. The average molecular weight is 222 g/mol. The Morgan fingerprint density at radius 2 is 2.12 bits per heavy atom. The minimum Gasteiger partial charge on any atom is -0.478 e. The number of hydrogen-bond acceptors (Lipinski definition) is 3. The highest BCUT2D eigenvalue weighted by molar-refractivity contribution is 5.15. The normalized spacial score (nSPS) is 10.8. The molecule has 0 atom stereocenters. The van der Waals surface area contributed by atoms with Gasteiger partial charge in [-0.3, -0.25) is 0 Å². The molecular formula is C13H22N2O. The predicted octanol–water partition coefficient (Wildman–Crippen LogP) is 2.36. The molecule has 0 aromatic carbocycles. The van der Waals surface area contributed by atoms with Gasteiger partial charge in [-0.05, 0) is 33.0 Å². The van der Waals surface area contributed by atoms with Crippen molar-refractivity contribution in [2.45, 2.75) is 26.2 Å². The molecule has 16 heavy (non-hydrogen) atoms. The highest BCUT2D eigenvalue weighted by Gasteiger charge is 1.98. The number of rotatable bonds is 7. The molecule has 1 aromatic heterocycles. The van der Waals surface area contributed by atoms with Gasteiger partial charge in [0.2, 0.25) is 5.88 Å². The Hall–Kier alpha value is -1.09. The van der Waals surface area contributed by atoms with Crippen molar-refractivity contribution in [3.8, 4) is 5.88 Å². The number of pyridine rings is 1. The van der Waals surface area contributed by atoms with Crippen LogP contribution in [0.4, 0.5) is 0 Å². The largest absolute Gasteiger partial charge is 0.478 e. The SMILES string of the molecule is CCCc1cccc(OCCCN(C)C)n1. The van der Waals surface area contributed by atoms with Gasteiger partial charge >= 0.3 is 0 Å². The van der Waals surface area contributed by atoms with E-state index in [-0.39, 0.29) is 0 Å². The van der Waals surface area contributed by atoms with Crippen molar-refractivity contribution in [1.82, 2.24) is 9.88 Å². The van der Waals surface area contributed by atoms with Gasteiger partial charge in [-0.25, -0.2) is 4.98 Å². The van der Waals surface area contributed by atoms with Crippen LogP contribution in [0.3, 0.4) is 0 Å². The smallest absolute Gasteiger partial charge is 0.213 e. The topological polar surface area (TPSA) is 25.4 Å². The minimum atomic E-state index is 0.737. The highest BCUT2D eigenvalue weighted by atomic mass is 16.5. The Balaban J connectivity index is 2.33. The van der Waals surface area contributed by atoms with Crippen molar-refractivity contribution in [2.24, 2.45) is 0 Å². The fraction of sp³-hybridized carbons (Fsp3) is 0.615. The van der Waals surface area contributed by atoms with Crippen LogP contribution in [0.25, 0.3) is 0 Å². The Kier molecular flexibility index (Phi) is 5.86. The van der Waals surface area contributed by atoms with Gasteiger partial charge in [0.05, 0.1) is 6.61 Å². The summed E-state index contributed by atoms with van der Waals surface area (Å²) < 4.78 is 5.61. The zero-order valence-corrected chi connectivity index (χ0v) is 10.6. The van der Waals surface area contributed by atoms with Crippen LogP contribution in [0.1, 0.15) is 25.5 Å². The first kappa shape index (κ1) is 13.0. The summed E-state index contributed by atoms with van der Waals surface area (Å²) in [5.41, 5.74) is 1.12. The maximum atomic E-state index is 5.61. The molecule has 0 unspecified atom stereocenters. The van der Waals surface area contributed by atoms with Gasteiger partial charge in [-0.1, -0.05) is 19.4 Å². The van der Waals surface area contributed by atoms with Crippen LogP contribution < -0.4 is 4.74 Å². The molecule has 0 fully saturated rings. The zero-order chi connectivity index (χ0) is 11.8. The van der Waals surface area contributed by atoms with E-state index in [0.29, 0.717) is 0 Å². The van der Waals surface area contributed by atoms with Gasteiger partial charge in [0, 0.05) is 18.3 Å². The Morgan fingerprint density at radius 1 is 1.31 bits per heavy atom. The van der Waals surface area contributed by atoms with Gasteiger partial charge in [0.1, 0.15) is 0 Å². The summed E-state index contributed by atoms with van der Waals surface area (Å²) in [5.74, 6) is 0.754. The molecule has 90 valence electrons. The Morgan fingerprint density at radius 3 is 2.81 bits per heavy atom. The molecule has 0 aliphatic heterocycles. The van der Waals surface area contributed by atoms with E-state index >= 15 is 0 Å². The quantitative estimate of drug-likeness (QED) is 0.662. The molecule has 3 heteroatoms. The maximum absolute atomic E-state index is 5.61. The van der Waals surface area contributed by atoms with Gasteiger partial charge in [-0.2, -0.15) is 0 Å². The molecule has 0 aliphatic carbocycles. The molecule has 0 saturated carbocycles. The molecule has 0 amide bonds. The Bertz CT molecular complexity index is 300. The number of nitrogens with zero attached hydrogens (tertiary/aromatic N) is 2. The van der Waals surface area contributed by atoms with Crippen molar-refractivity contribution < 1.29 is 4.74 Å². The van der Waals surface area contributed by atoms with Crippen molar-refractivity contribution in [2.75, 3.05) is 27.2 Å². The molecule has 1 heterocycles. The van der Waals surface area contributed by atoms with E-state index in [1.54, 1.807) is 0 Å². The van der Waals surface area contributed by atoms with E-state index < -0.39 is 0 Å². The molecule has 3 nitrogen and oxygen atoms in total. The predicted molar refractivity (Wildman–Crippen MR) is 66.9 cm³/mol. The summed E-state index contributed by atoms with van der Waals surface area (Å²) in [5, 5.41) is 0. The van der Waals surface area contributed by atoms with E-state index in [0.717, 1.165) is 44.0 Å². The Labute approximate surface area is 98.4 Å². The molecular weight excluding hydrogens is 200 g/mol. The fourth-order valence-electron chi connectivity index (χ4n) is 1.49. The summed E-state index contributed by atoms with van der Waals surface area (Å²) in [4.78, 5) is 6.60. The molecule has 1 aromatic rings. The summed E-state index contributed by atoms with van der Waals surface area (Å²) in [6, 6.07) is 5.99. The first-order valence-electron chi connectivity index (χ1n) is 5.96. The lowest BCUT2D eigenvalue weighted by atomic mass is 10.2. The number of aryl methyl sites for hydroxylation is 1. The van der Waals surface area contributed by atoms with Crippen molar-refractivity contribution in [3.05, 3.63) is 23.9 Å². The molecule has 0 bridgehead atoms. The third-order valence-electron chi connectivity index (χ3n) is 2.29. The molecule has 0 aliphatic rings. The van der Waals surface area contributed by atoms with Crippen LogP contribution in [0.2, 0.25) is 0 Å². The van der Waals surface area contributed by atoms with E-state index in [1.165, 1.54) is 0 Å². The summed E-state index contributed by atoms with van der Waals surface area (Å²) in [6.07, 6.45) is 3.18. The van der Waals surface area contributed by atoms with Crippen molar-refractivity contribution in [1.29, 1.82) is 0 Å². The molecule has 0 saturated heterocycles. The standard InChI is InChI=1S/C13H22N2O/c1-4-7-12-8-5-9-13(14-12)16-11-6-10-15(2)3/h5,8-9H,4,6-7,10-11H2,1-3H3. The van der Waals surface area contributed by atoms with Crippen molar-refractivity contribution in [3.63, 3.8) is 0 Å². The fourth-order valence-corrected chi connectivity index (χ4v) is 1.49. The van der Waals surface area contributed by atoms with Gasteiger partial charge in [0.15, 0.2) is 0 Å². The minimum absolute atomic E-state index is 0.737. The zero-order valence-electron chi connectivity index (χ0n) is 10.6. The van der Waals surface area contributed by atoms with Crippen LogP contribution in [-0.2, 0) is 6.42 Å². The van der Waals surface area contributed by atoms with Crippen LogP contribution in [-0.4, -0.2) is 37.1 Å². The third kappa shape index (κ3) is 5.12. The van der Waals surface area contributed by atoms with Crippen LogP contribution in [0, 0.1) is 0 Å². The van der Waals surface area contributed by atoms with E-state index in [9.17, 15) is 0 Å². The molecule has 0 N–H and O–H groups in total. The lowest BCUT2D eigenvalue weighted by Gasteiger charge is -2.10. The first-order valence-corrected chi connectivity index (χ1v) is 5.96. The molecule has 1 rings (SSSR count). The summed E-state index contributed by atoms with van der Waals surface area (Å²) in [6.45, 7) is 3.95. The summed E-state index contributed by atoms with van der Waals surface area (Å²) >= 11 is 0. The third-order valence-corrected chi connectivity index (χ3v) is 2.29. The second kappa shape index (κ2) is 7.23. The lowest BCUT2D eigenvalue weighted by molar-refractivity contribution is 0.272. The van der Waals surface area contributed by atoms with Crippen LogP contribution in [0.15, 0.2) is 18.2 Å². The highest BCUT2D eigenvalue weighted by Crippen LogP contribution is 2.09. The number of hydrogen-bond donors (Lipinski definition) is 0.